The summed E-state index contributed by atoms with van der Waals surface area (Å²) in [5, 5.41) is 4.57. The van der Waals surface area contributed by atoms with Gasteiger partial charge >= 0.3 is 5.69 Å². The van der Waals surface area contributed by atoms with Crippen molar-refractivity contribution in [3.05, 3.63) is 44.2 Å². The molecule has 0 unspecified atom stereocenters. The summed E-state index contributed by atoms with van der Waals surface area (Å²) in [5.74, 6) is 2.17. The quantitative estimate of drug-likeness (QED) is 0.826. The van der Waals surface area contributed by atoms with Gasteiger partial charge in [0.2, 0.25) is 0 Å². The van der Waals surface area contributed by atoms with Crippen LogP contribution in [0.15, 0.2) is 15.8 Å². The number of nitrogens with zero attached hydrogens (tertiary/aromatic N) is 3. The summed E-state index contributed by atoms with van der Waals surface area (Å²) in [5.41, 5.74) is -0.353. The number of hydrogen-bond acceptors (Lipinski definition) is 4. The van der Waals surface area contributed by atoms with E-state index in [0.717, 1.165) is 43.9 Å². The van der Waals surface area contributed by atoms with Crippen LogP contribution >= 0.6 is 0 Å². The highest BCUT2D eigenvalue weighted by atomic mass is 16.2. The molecule has 1 fully saturated rings. The normalized spacial score (nSPS) is 14.5. The van der Waals surface area contributed by atoms with Gasteiger partial charge in [-0.3, -0.25) is 9.78 Å². The molecule has 7 nitrogen and oxygen atoms in total. The number of aryl methyl sites for hydroxylation is 1. The van der Waals surface area contributed by atoms with E-state index in [1.807, 2.05) is 4.68 Å². The highest BCUT2D eigenvalue weighted by Crippen LogP contribution is 2.38. The predicted molar refractivity (Wildman–Crippen MR) is 77.4 cm³/mol. The number of nitrogens with one attached hydrogen (secondary N) is 2. The lowest BCUT2D eigenvalue weighted by atomic mass is 10.2. The zero-order chi connectivity index (χ0) is 14.8. The molecule has 0 aromatic carbocycles. The predicted octanol–water partition coefficient (Wildman–Crippen LogP) is 0.923. The van der Waals surface area contributed by atoms with Crippen molar-refractivity contribution in [1.82, 2.24) is 24.7 Å². The van der Waals surface area contributed by atoms with Gasteiger partial charge in [0.15, 0.2) is 5.82 Å². The van der Waals surface area contributed by atoms with E-state index in [4.69, 9.17) is 0 Å². The molecule has 0 spiro atoms. The number of rotatable bonds is 6. The third kappa shape index (κ3) is 3.12. The van der Waals surface area contributed by atoms with E-state index in [1.54, 1.807) is 0 Å². The van der Waals surface area contributed by atoms with E-state index in [-0.39, 0.29) is 5.56 Å². The second-order valence-electron chi connectivity index (χ2n) is 5.51. The lowest BCUT2D eigenvalue weighted by molar-refractivity contribution is 0.545. The van der Waals surface area contributed by atoms with Crippen LogP contribution in [-0.2, 0) is 13.0 Å². The molecule has 1 aliphatic rings. The van der Waals surface area contributed by atoms with Crippen molar-refractivity contribution in [2.75, 3.05) is 0 Å². The molecule has 2 N–H and O–H groups in total. The van der Waals surface area contributed by atoms with Crippen LogP contribution in [0, 0.1) is 0 Å². The summed E-state index contributed by atoms with van der Waals surface area (Å²) < 4.78 is 1.90. The molecule has 1 aliphatic carbocycles. The first-order valence-electron chi connectivity index (χ1n) is 7.42. The summed E-state index contributed by atoms with van der Waals surface area (Å²) in [7, 11) is 0. The maximum Gasteiger partial charge on any atom is 0.325 e. The Morgan fingerprint density at radius 1 is 1.38 bits per heavy atom. The molecule has 0 aliphatic heterocycles. The maximum absolute atomic E-state index is 11.8. The van der Waals surface area contributed by atoms with Gasteiger partial charge in [0.25, 0.3) is 5.56 Å². The molecule has 3 rings (SSSR count). The Hall–Kier alpha value is -2.18. The highest BCUT2D eigenvalue weighted by molar-refractivity contribution is 5.14. The highest BCUT2D eigenvalue weighted by Gasteiger charge is 2.29. The Morgan fingerprint density at radius 3 is 2.86 bits per heavy atom. The Balaban J connectivity index is 1.88. The molecule has 0 saturated heterocycles. The van der Waals surface area contributed by atoms with Gasteiger partial charge in [-0.25, -0.2) is 14.5 Å². The molecule has 7 heteroatoms. The molecule has 2 heterocycles. The smallest absolute Gasteiger partial charge is 0.314 e. The fourth-order valence-electron chi connectivity index (χ4n) is 2.27. The summed E-state index contributed by atoms with van der Waals surface area (Å²) in [6.07, 6.45) is 6.25. The molecule has 1 saturated carbocycles. The average Bonchev–Trinajstić information content (AvgIpc) is 3.22. The van der Waals surface area contributed by atoms with Crippen LogP contribution in [0.5, 0.6) is 0 Å². The van der Waals surface area contributed by atoms with E-state index in [9.17, 15) is 9.59 Å². The zero-order valence-electron chi connectivity index (χ0n) is 12.1. The lowest BCUT2D eigenvalue weighted by Gasteiger charge is -2.04. The number of hydrogen-bond donors (Lipinski definition) is 2. The largest absolute Gasteiger partial charge is 0.325 e. The van der Waals surface area contributed by atoms with E-state index in [1.165, 1.54) is 6.20 Å². The first-order chi connectivity index (χ1) is 10.2. The van der Waals surface area contributed by atoms with Crippen LogP contribution in [0.3, 0.4) is 0 Å². The minimum atomic E-state index is -0.491. The van der Waals surface area contributed by atoms with E-state index in [0.29, 0.717) is 17.9 Å². The molecular formula is C14H19N5O2. The van der Waals surface area contributed by atoms with Gasteiger partial charge in [-0.2, -0.15) is 5.10 Å². The monoisotopic (exact) mass is 289 g/mol. The molecular weight excluding hydrogens is 270 g/mol. The van der Waals surface area contributed by atoms with E-state index in [2.05, 4.69) is 27.0 Å². The van der Waals surface area contributed by atoms with Crippen LogP contribution in [0.2, 0.25) is 0 Å². The molecule has 0 atom stereocenters. The Kier molecular flexibility index (Phi) is 3.72. The number of H-pyrrole nitrogens is 2. The van der Waals surface area contributed by atoms with Gasteiger partial charge in [0.1, 0.15) is 5.82 Å². The van der Waals surface area contributed by atoms with E-state index < -0.39 is 5.69 Å². The summed E-state index contributed by atoms with van der Waals surface area (Å²) in [4.78, 5) is 32.2. The van der Waals surface area contributed by atoms with Gasteiger partial charge in [0.05, 0.1) is 0 Å². The second kappa shape index (κ2) is 5.67. The zero-order valence-corrected chi connectivity index (χ0v) is 12.1. The number of unbranched alkanes of at least 4 members (excludes halogenated alkanes) is 1. The maximum atomic E-state index is 11.8. The SMILES string of the molecule is CCCCn1nc(C2CC2)nc1Cc1c[nH]c(=O)[nH]c1=O. The molecule has 2 aromatic rings. The molecule has 21 heavy (non-hydrogen) atoms. The molecule has 0 bridgehead atoms. The van der Waals surface area contributed by atoms with Gasteiger partial charge < -0.3 is 4.98 Å². The number of aromatic amines is 2. The fourth-order valence-corrected chi connectivity index (χ4v) is 2.27. The van der Waals surface area contributed by atoms with Gasteiger partial charge in [-0.15, -0.1) is 0 Å². The standard InChI is InChI=1S/C14H19N5O2/c1-2-3-6-19-11(16-12(18-19)9-4-5-9)7-10-8-15-14(21)17-13(10)20/h8-9H,2-7H2,1H3,(H2,15,17,20,21). The molecule has 0 radical (unpaired) electrons. The average molecular weight is 289 g/mol. The van der Waals surface area contributed by atoms with Crippen molar-refractivity contribution in [2.45, 2.75) is 51.5 Å². The fraction of sp³-hybridized carbons (Fsp3) is 0.571. The van der Waals surface area contributed by atoms with Crippen LogP contribution in [0.4, 0.5) is 0 Å². The minimum Gasteiger partial charge on any atom is -0.314 e. The summed E-state index contributed by atoms with van der Waals surface area (Å²) in [6.45, 7) is 2.94. The second-order valence-corrected chi connectivity index (χ2v) is 5.51. The first-order valence-corrected chi connectivity index (χ1v) is 7.42. The molecule has 2 aromatic heterocycles. The molecule has 112 valence electrons. The van der Waals surface area contributed by atoms with Crippen molar-refractivity contribution < 1.29 is 0 Å². The number of aromatic nitrogens is 5. The van der Waals surface area contributed by atoms with Crippen LogP contribution < -0.4 is 11.2 Å². The van der Waals surface area contributed by atoms with Crippen LogP contribution in [-0.4, -0.2) is 24.7 Å². The summed E-state index contributed by atoms with van der Waals surface area (Å²) >= 11 is 0. The van der Waals surface area contributed by atoms with Gasteiger partial charge in [-0.1, -0.05) is 13.3 Å². The topological polar surface area (TPSA) is 96.4 Å². The third-order valence-corrected chi connectivity index (χ3v) is 3.68. The molecule has 0 amide bonds. The summed E-state index contributed by atoms with van der Waals surface area (Å²) in [6, 6.07) is 0. The van der Waals surface area contributed by atoms with E-state index >= 15 is 0 Å². The Bertz CT molecular complexity index is 738. The van der Waals surface area contributed by atoms with Crippen molar-refractivity contribution in [3.8, 4) is 0 Å². The van der Waals surface area contributed by atoms with Crippen molar-refractivity contribution in [2.24, 2.45) is 0 Å². The Labute approximate surface area is 121 Å². The van der Waals surface area contributed by atoms with Crippen LogP contribution in [0.25, 0.3) is 0 Å². The Morgan fingerprint density at radius 2 is 2.19 bits per heavy atom. The minimum absolute atomic E-state index is 0.364. The third-order valence-electron chi connectivity index (χ3n) is 3.68. The van der Waals surface area contributed by atoms with Crippen molar-refractivity contribution in [3.63, 3.8) is 0 Å². The van der Waals surface area contributed by atoms with Gasteiger partial charge in [0, 0.05) is 30.6 Å². The van der Waals surface area contributed by atoms with Crippen molar-refractivity contribution in [1.29, 1.82) is 0 Å². The van der Waals surface area contributed by atoms with Crippen molar-refractivity contribution >= 4 is 0 Å². The lowest BCUT2D eigenvalue weighted by Crippen LogP contribution is -2.25. The van der Waals surface area contributed by atoms with Crippen LogP contribution in [0.1, 0.15) is 55.7 Å². The van der Waals surface area contributed by atoms with Gasteiger partial charge in [-0.05, 0) is 19.3 Å². The first kappa shape index (κ1) is 13.8.